The van der Waals surface area contributed by atoms with Crippen molar-refractivity contribution in [3.63, 3.8) is 0 Å². The van der Waals surface area contributed by atoms with Gasteiger partial charge >= 0.3 is 0 Å². The van der Waals surface area contributed by atoms with E-state index in [1.807, 2.05) is 36.4 Å². The van der Waals surface area contributed by atoms with Gasteiger partial charge in [0, 0.05) is 24.2 Å². The zero-order chi connectivity index (χ0) is 16.9. The summed E-state index contributed by atoms with van der Waals surface area (Å²) in [5.41, 5.74) is 2.69. The highest BCUT2D eigenvalue weighted by molar-refractivity contribution is 6.42. The first kappa shape index (κ1) is 16.5. The molecule has 0 saturated carbocycles. The predicted octanol–water partition coefficient (Wildman–Crippen LogP) is 4.87. The van der Waals surface area contributed by atoms with Crippen molar-refractivity contribution in [1.29, 1.82) is 0 Å². The van der Waals surface area contributed by atoms with Crippen LogP contribution in [0.15, 0.2) is 60.8 Å². The van der Waals surface area contributed by atoms with Crippen LogP contribution >= 0.6 is 23.2 Å². The second-order valence-corrected chi connectivity index (χ2v) is 6.08. The molecule has 1 heterocycles. The molecule has 0 aliphatic rings. The second-order valence-electron chi connectivity index (χ2n) is 5.26. The first-order chi connectivity index (χ1) is 11.6. The van der Waals surface area contributed by atoms with Crippen LogP contribution in [0.5, 0.6) is 0 Å². The molecule has 120 valence electrons. The molecule has 3 nitrogen and oxygen atoms in total. The number of amides is 1. The smallest absolute Gasteiger partial charge is 0.244 e. The lowest BCUT2D eigenvalue weighted by atomic mass is 10.1. The van der Waals surface area contributed by atoms with Crippen LogP contribution in [0, 0.1) is 0 Å². The van der Waals surface area contributed by atoms with Gasteiger partial charge in [0.2, 0.25) is 5.91 Å². The van der Waals surface area contributed by atoms with Crippen LogP contribution in [-0.4, -0.2) is 10.9 Å². The number of fused-ring (bicyclic) bond motifs is 1. The van der Waals surface area contributed by atoms with Crippen LogP contribution in [-0.2, 0) is 11.3 Å². The lowest BCUT2D eigenvalue weighted by Crippen LogP contribution is -2.20. The molecule has 0 atom stereocenters. The number of hydrogen-bond donors (Lipinski definition) is 1. The number of hydrogen-bond acceptors (Lipinski definition) is 2. The summed E-state index contributed by atoms with van der Waals surface area (Å²) >= 11 is 11.8. The second kappa shape index (κ2) is 7.47. The Morgan fingerprint density at radius 1 is 1.08 bits per heavy atom. The zero-order valence-electron chi connectivity index (χ0n) is 12.7. The average Bonchev–Trinajstić information content (AvgIpc) is 2.60. The molecule has 1 amide bonds. The summed E-state index contributed by atoms with van der Waals surface area (Å²) in [5, 5.41) is 4.81. The van der Waals surface area contributed by atoms with E-state index in [-0.39, 0.29) is 5.91 Å². The number of rotatable bonds is 4. The van der Waals surface area contributed by atoms with Crippen molar-refractivity contribution >= 4 is 46.1 Å². The first-order valence-corrected chi connectivity index (χ1v) is 8.12. The number of pyridine rings is 1. The summed E-state index contributed by atoms with van der Waals surface area (Å²) in [6.45, 7) is 0.385. The number of benzene rings is 2. The van der Waals surface area contributed by atoms with E-state index in [1.54, 1.807) is 24.4 Å². The molecule has 0 bridgehead atoms. The fourth-order valence-electron chi connectivity index (χ4n) is 2.25. The van der Waals surface area contributed by atoms with Gasteiger partial charge in [-0.05, 0) is 41.5 Å². The predicted molar refractivity (Wildman–Crippen MR) is 99.1 cm³/mol. The topological polar surface area (TPSA) is 42.0 Å². The number of para-hydroxylation sites is 1. The highest BCUT2D eigenvalue weighted by Gasteiger charge is 2.01. The molecule has 3 aromatic rings. The molecule has 1 aromatic heterocycles. The van der Waals surface area contributed by atoms with Gasteiger partial charge in [-0.15, -0.1) is 0 Å². The van der Waals surface area contributed by atoms with Crippen LogP contribution in [0.2, 0.25) is 10.0 Å². The van der Waals surface area contributed by atoms with Crippen LogP contribution in [0.25, 0.3) is 17.0 Å². The van der Waals surface area contributed by atoms with E-state index in [1.165, 1.54) is 6.08 Å². The highest BCUT2D eigenvalue weighted by atomic mass is 35.5. The molecule has 0 aliphatic carbocycles. The lowest BCUT2D eigenvalue weighted by molar-refractivity contribution is -0.116. The molecule has 3 rings (SSSR count). The van der Waals surface area contributed by atoms with Gasteiger partial charge in [-0.25, -0.2) is 0 Å². The SMILES string of the molecule is O=C(C=Cc1cnc2ccccc2c1)NCc1ccc(Cl)c(Cl)c1. The quantitative estimate of drug-likeness (QED) is 0.677. The summed E-state index contributed by atoms with van der Waals surface area (Å²) in [7, 11) is 0. The summed E-state index contributed by atoms with van der Waals surface area (Å²) in [6, 6.07) is 15.1. The molecule has 0 radical (unpaired) electrons. The average molecular weight is 357 g/mol. The maximum atomic E-state index is 11.9. The van der Waals surface area contributed by atoms with Crippen molar-refractivity contribution in [3.05, 3.63) is 82.0 Å². The number of aromatic nitrogens is 1. The molecule has 2 aromatic carbocycles. The normalized spacial score (nSPS) is 11.1. The Kier molecular flexibility index (Phi) is 5.14. The van der Waals surface area contributed by atoms with Crippen LogP contribution in [0.4, 0.5) is 0 Å². The van der Waals surface area contributed by atoms with Gasteiger partial charge in [0.1, 0.15) is 0 Å². The monoisotopic (exact) mass is 356 g/mol. The summed E-state index contributed by atoms with van der Waals surface area (Å²) in [6.07, 6.45) is 4.97. The van der Waals surface area contributed by atoms with Crippen molar-refractivity contribution in [3.8, 4) is 0 Å². The van der Waals surface area contributed by atoms with Crippen molar-refractivity contribution in [2.24, 2.45) is 0 Å². The Morgan fingerprint density at radius 2 is 1.92 bits per heavy atom. The summed E-state index contributed by atoms with van der Waals surface area (Å²) in [4.78, 5) is 16.3. The van der Waals surface area contributed by atoms with Crippen molar-refractivity contribution in [2.45, 2.75) is 6.54 Å². The Hall–Kier alpha value is -2.36. The van der Waals surface area contributed by atoms with E-state index in [2.05, 4.69) is 10.3 Å². The van der Waals surface area contributed by atoms with E-state index in [9.17, 15) is 4.79 Å². The van der Waals surface area contributed by atoms with Crippen LogP contribution < -0.4 is 5.32 Å². The third-order valence-electron chi connectivity index (χ3n) is 3.49. The Morgan fingerprint density at radius 3 is 2.75 bits per heavy atom. The molecule has 0 unspecified atom stereocenters. The van der Waals surface area contributed by atoms with Gasteiger partial charge in [-0.3, -0.25) is 9.78 Å². The fraction of sp³-hybridized carbons (Fsp3) is 0.0526. The standard InChI is InChI=1S/C19H14Cl2N2O/c20-16-7-5-14(10-17(16)21)12-23-19(24)8-6-13-9-15-3-1-2-4-18(15)22-11-13/h1-11H,12H2,(H,23,24). The molecule has 5 heteroatoms. The van der Waals surface area contributed by atoms with Crippen LogP contribution in [0.1, 0.15) is 11.1 Å². The molecule has 0 fully saturated rings. The Balaban J connectivity index is 1.62. The molecule has 0 aliphatic heterocycles. The van der Waals surface area contributed by atoms with Gasteiger partial charge in [0.05, 0.1) is 15.6 Å². The zero-order valence-corrected chi connectivity index (χ0v) is 14.2. The maximum absolute atomic E-state index is 11.9. The first-order valence-electron chi connectivity index (χ1n) is 7.36. The van der Waals surface area contributed by atoms with E-state index < -0.39 is 0 Å². The number of nitrogens with one attached hydrogen (secondary N) is 1. The molecule has 0 spiro atoms. The van der Waals surface area contributed by atoms with E-state index in [4.69, 9.17) is 23.2 Å². The molecular formula is C19H14Cl2N2O. The Labute approximate surface area is 149 Å². The molecular weight excluding hydrogens is 343 g/mol. The Bertz CT molecular complexity index is 922. The van der Waals surface area contributed by atoms with Crippen LogP contribution in [0.3, 0.4) is 0 Å². The maximum Gasteiger partial charge on any atom is 0.244 e. The third kappa shape index (κ3) is 4.13. The van der Waals surface area contributed by atoms with Gasteiger partial charge in [0.25, 0.3) is 0 Å². The minimum absolute atomic E-state index is 0.186. The number of nitrogens with zero attached hydrogens (tertiary/aromatic N) is 1. The number of carbonyl (C=O) groups is 1. The van der Waals surface area contributed by atoms with Crippen molar-refractivity contribution in [2.75, 3.05) is 0 Å². The van der Waals surface area contributed by atoms with E-state index in [0.29, 0.717) is 16.6 Å². The third-order valence-corrected chi connectivity index (χ3v) is 4.23. The van der Waals surface area contributed by atoms with Gasteiger partial charge < -0.3 is 5.32 Å². The van der Waals surface area contributed by atoms with E-state index in [0.717, 1.165) is 22.0 Å². The minimum atomic E-state index is -0.186. The van der Waals surface area contributed by atoms with Gasteiger partial charge in [-0.2, -0.15) is 0 Å². The number of halogens is 2. The summed E-state index contributed by atoms with van der Waals surface area (Å²) in [5.74, 6) is -0.186. The highest BCUT2D eigenvalue weighted by Crippen LogP contribution is 2.22. The van der Waals surface area contributed by atoms with Crippen molar-refractivity contribution in [1.82, 2.24) is 10.3 Å². The fourth-order valence-corrected chi connectivity index (χ4v) is 2.57. The van der Waals surface area contributed by atoms with Crippen molar-refractivity contribution < 1.29 is 4.79 Å². The van der Waals surface area contributed by atoms with E-state index >= 15 is 0 Å². The minimum Gasteiger partial charge on any atom is -0.348 e. The molecule has 1 N–H and O–H groups in total. The van der Waals surface area contributed by atoms with Gasteiger partial charge in [0.15, 0.2) is 0 Å². The van der Waals surface area contributed by atoms with Gasteiger partial charge in [-0.1, -0.05) is 47.5 Å². The summed E-state index contributed by atoms with van der Waals surface area (Å²) < 4.78 is 0. The molecule has 0 saturated heterocycles. The number of carbonyl (C=O) groups excluding carboxylic acids is 1. The largest absolute Gasteiger partial charge is 0.348 e. The molecule has 24 heavy (non-hydrogen) atoms. The lowest BCUT2D eigenvalue weighted by Gasteiger charge is -2.04.